The van der Waals surface area contributed by atoms with Crippen molar-refractivity contribution in [2.24, 2.45) is 5.41 Å². The fourth-order valence-electron chi connectivity index (χ4n) is 1.91. The molecule has 0 aliphatic heterocycles. The molecule has 0 atom stereocenters. The fraction of sp³-hybridized carbons (Fsp3) is 0.571. The summed E-state index contributed by atoms with van der Waals surface area (Å²) in [5, 5.41) is 3.74. The Balaban J connectivity index is 2.24. The first-order valence-electron chi connectivity index (χ1n) is 6.96. The molecule has 2 rings (SSSR count). The molecule has 118 valence electrons. The Morgan fingerprint density at radius 3 is 2.48 bits per heavy atom. The normalized spacial score (nSPS) is 17.0. The van der Waals surface area contributed by atoms with Crippen LogP contribution in [0.3, 0.4) is 0 Å². The first-order valence-corrected chi connectivity index (χ1v) is 9.20. The Morgan fingerprint density at radius 2 is 1.90 bits per heavy atom. The second-order valence-electron chi connectivity index (χ2n) is 5.79. The van der Waals surface area contributed by atoms with E-state index >= 15 is 0 Å². The summed E-state index contributed by atoms with van der Waals surface area (Å²) in [6.45, 7) is 5.76. The number of benzene rings is 1. The molecule has 0 radical (unpaired) electrons. The van der Waals surface area contributed by atoms with Crippen molar-refractivity contribution in [1.29, 1.82) is 0 Å². The molecule has 4 nitrogen and oxygen atoms in total. The van der Waals surface area contributed by atoms with Crippen molar-refractivity contribution >= 4 is 33.2 Å². The minimum Gasteiger partial charge on any atom is -0.313 e. The summed E-state index contributed by atoms with van der Waals surface area (Å²) in [5.74, 6) is 0. The van der Waals surface area contributed by atoms with E-state index in [9.17, 15) is 8.42 Å². The maximum Gasteiger partial charge on any atom is 0.242 e. The second-order valence-corrected chi connectivity index (χ2v) is 8.34. The molecule has 7 heteroatoms. The van der Waals surface area contributed by atoms with Gasteiger partial charge in [-0.2, -0.15) is 0 Å². The lowest BCUT2D eigenvalue weighted by atomic mass is 10.2. The Morgan fingerprint density at radius 1 is 1.24 bits per heavy atom. The minimum atomic E-state index is -3.62. The van der Waals surface area contributed by atoms with Gasteiger partial charge in [-0.15, -0.1) is 0 Å². The summed E-state index contributed by atoms with van der Waals surface area (Å²) in [5.41, 5.74) is 0.819. The van der Waals surface area contributed by atoms with Crippen LogP contribution in [0.1, 0.15) is 32.3 Å². The predicted molar refractivity (Wildman–Crippen MR) is 86.4 cm³/mol. The van der Waals surface area contributed by atoms with Gasteiger partial charge in [-0.1, -0.05) is 37.0 Å². The van der Waals surface area contributed by atoms with E-state index in [0.717, 1.165) is 24.9 Å². The van der Waals surface area contributed by atoms with Crippen LogP contribution >= 0.6 is 23.2 Å². The molecule has 1 aromatic rings. The number of halogens is 2. The Kier molecular flexibility index (Phi) is 5.21. The van der Waals surface area contributed by atoms with Crippen LogP contribution in [0.5, 0.6) is 0 Å². The van der Waals surface area contributed by atoms with Gasteiger partial charge in [0.25, 0.3) is 0 Å². The SMILES string of the molecule is CCNCc1cc(S(=O)(=O)NCC2(C)CC2)c(Cl)cc1Cl. The summed E-state index contributed by atoms with van der Waals surface area (Å²) in [7, 11) is -3.62. The molecule has 1 aromatic carbocycles. The predicted octanol–water partition coefficient (Wildman–Crippen LogP) is 3.18. The van der Waals surface area contributed by atoms with Crippen LogP contribution in [0.25, 0.3) is 0 Å². The van der Waals surface area contributed by atoms with Gasteiger partial charge in [0, 0.05) is 18.1 Å². The number of sulfonamides is 1. The van der Waals surface area contributed by atoms with Crippen LogP contribution in [-0.4, -0.2) is 21.5 Å². The average molecular weight is 351 g/mol. The Hall–Kier alpha value is -0.330. The van der Waals surface area contributed by atoms with Gasteiger partial charge in [0.1, 0.15) is 4.90 Å². The zero-order valence-corrected chi connectivity index (χ0v) is 14.5. The first kappa shape index (κ1) is 17.0. The average Bonchev–Trinajstić information content (AvgIpc) is 3.14. The van der Waals surface area contributed by atoms with Crippen molar-refractivity contribution in [2.45, 2.75) is 38.1 Å². The molecule has 1 aliphatic rings. The number of nitrogens with one attached hydrogen (secondary N) is 2. The topological polar surface area (TPSA) is 58.2 Å². The number of hydrogen-bond donors (Lipinski definition) is 2. The summed E-state index contributed by atoms with van der Waals surface area (Å²) in [6, 6.07) is 3.04. The van der Waals surface area contributed by atoms with Gasteiger partial charge in [0.05, 0.1) is 5.02 Å². The fourth-order valence-corrected chi connectivity index (χ4v) is 3.97. The quantitative estimate of drug-likeness (QED) is 0.793. The number of rotatable bonds is 7. The molecule has 0 heterocycles. The van der Waals surface area contributed by atoms with Gasteiger partial charge in [0.2, 0.25) is 10.0 Å². The minimum absolute atomic E-state index is 0.0886. The molecular formula is C14H20Cl2N2O2S. The van der Waals surface area contributed by atoms with Gasteiger partial charge in [0.15, 0.2) is 0 Å². The van der Waals surface area contributed by atoms with E-state index in [-0.39, 0.29) is 15.3 Å². The lowest BCUT2D eigenvalue weighted by Gasteiger charge is -2.14. The molecular weight excluding hydrogens is 331 g/mol. The van der Waals surface area contributed by atoms with Crippen LogP contribution < -0.4 is 10.0 Å². The molecule has 0 spiro atoms. The largest absolute Gasteiger partial charge is 0.313 e. The summed E-state index contributed by atoms with van der Waals surface area (Å²) in [6.07, 6.45) is 2.10. The molecule has 1 aliphatic carbocycles. The van der Waals surface area contributed by atoms with E-state index < -0.39 is 10.0 Å². The maximum absolute atomic E-state index is 12.4. The van der Waals surface area contributed by atoms with Crippen molar-refractivity contribution in [1.82, 2.24) is 10.0 Å². The molecule has 0 saturated heterocycles. The van der Waals surface area contributed by atoms with Crippen molar-refractivity contribution in [3.63, 3.8) is 0 Å². The van der Waals surface area contributed by atoms with Gasteiger partial charge in [-0.05, 0) is 42.5 Å². The molecule has 0 bridgehead atoms. The molecule has 1 fully saturated rings. The van der Waals surface area contributed by atoms with Crippen LogP contribution in [0.15, 0.2) is 17.0 Å². The molecule has 21 heavy (non-hydrogen) atoms. The van der Waals surface area contributed by atoms with Crippen LogP contribution in [-0.2, 0) is 16.6 Å². The van der Waals surface area contributed by atoms with E-state index in [2.05, 4.69) is 17.0 Å². The molecule has 1 saturated carbocycles. The molecule has 0 unspecified atom stereocenters. The third-order valence-corrected chi connectivity index (χ3v) is 5.97. The first-order chi connectivity index (χ1) is 9.77. The maximum atomic E-state index is 12.4. The monoisotopic (exact) mass is 350 g/mol. The summed E-state index contributed by atoms with van der Waals surface area (Å²) in [4.78, 5) is 0.0886. The summed E-state index contributed by atoms with van der Waals surface area (Å²) < 4.78 is 27.5. The number of hydrogen-bond acceptors (Lipinski definition) is 3. The highest BCUT2D eigenvalue weighted by Crippen LogP contribution is 2.44. The smallest absolute Gasteiger partial charge is 0.242 e. The zero-order valence-electron chi connectivity index (χ0n) is 12.2. The standard InChI is InChI=1S/C14H20Cl2N2O2S/c1-3-17-8-10-6-13(12(16)7-11(10)15)21(19,20)18-9-14(2)4-5-14/h6-7,17-18H,3-5,8-9H2,1-2H3. The van der Waals surface area contributed by atoms with Gasteiger partial charge >= 0.3 is 0 Å². The van der Waals surface area contributed by atoms with Crippen molar-refractivity contribution in [2.75, 3.05) is 13.1 Å². The molecule has 0 amide bonds. The summed E-state index contributed by atoms with van der Waals surface area (Å²) >= 11 is 12.2. The van der Waals surface area contributed by atoms with Crippen molar-refractivity contribution in [3.05, 3.63) is 27.7 Å². The van der Waals surface area contributed by atoms with E-state index in [0.29, 0.717) is 18.1 Å². The second kappa shape index (κ2) is 6.42. The Bertz CT molecular complexity index is 628. The molecule has 2 N–H and O–H groups in total. The van der Waals surface area contributed by atoms with E-state index in [1.807, 2.05) is 6.92 Å². The third kappa shape index (κ3) is 4.33. The van der Waals surface area contributed by atoms with Crippen LogP contribution in [0, 0.1) is 5.41 Å². The highest BCUT2D eigenvalue weighted by atomic mass is 35.5. The van der Waals surface area contributed by atoms with E-state index in [1.54, 1.807) is 6.07 Å². The highest BCUT2D eigenvalue weighted by Gasteiger charge is 2.38. The Labute approximate surface area is 136 Å². The third-order valence-electron chi connectivity index (χ3n) is 3.75. The lowest BCUT2D eigenvalue weighted by Crippen LogP contribution is -2.29. The van der Waals surface area contributed by atoms with Gasteiger partial charge in [-0.25, -0.2) is 13.1 Å². The van der Waals surface area contributed by atoms with E-state index in [4.69, 9.17) is 23.2 Å². The van der Waals surface area contributed by atoms with Gasteiger partial charge in [-0.3, -0.25) is 0 Å². The van der Waals surface area contributed by atoms with Crippen LogP contribution in [0.2, 0.25) is 10.0 Å². The van der Waals surface area contributed by atoms with Crippen molar-refractivity contribution < 1.29 is 8.42 Å². The van der Waals surface area contributed by atoms with E-state index in [1.165, 1.54) is 6.07 Å². The zero-order chi connectivity index (χ0) is 15.7. The lowest BCUT2D eigenvalue weighted by molar-refractivity contribution is 0.530. The highest BCUT2D eigenvalue weighted by molar-refractivity contribution is 7.89. The molecule has 0 aromatic heterocycles. The van der Waals surface area contributed by atoms with Gasteiger partial charge < -0.3 is 5.32 Å². The van der Waals surface area contributed by atoms with Crippen molar-refractivity contribution in [3.8, 4) is 0 Å². The van der Waals surface area contributed by atoms with Crippen LogP contribution in [0.4, 0.5) is 0 Å².